The van der Waals surface area contributed by atoms with Gasteiger partial charge in [0.25, 0.3) is 0 Å². The molecule has 0 atom stereocenters. The number of benzene rings is 5. The van der Waals surface area contributed by atoms with Crippen LogP contribution in [0, 0.1) is 0 Å². The van der Waals surface area contributed by atoms with Gasteiger partial charge in [-0.25, -0.2) is 0 Å². The van der Waals surface area contributed by atoms with Gasteiger partial charge >= 0.3 is 0 Å². The maximum Gasteiger partial charge on any atom is 0.181 e. The lowest BCUT2D eigenvalue weighted by Gasteiger charge is -2.34. The molecule has 8 rings (SSSR count). The van der Waals surface area contributed by atoms with Gasteiger partial charge in [0.1, 0.15) is 0 Å². The van der Waals surface area contributed by atoms with Crippen molar-refractivity contribution in [2.45, 2.75) is 12.8 Å². The third kappa shape index (κ3) is 4.16. The predicted octanol–water partition coefficient (Wildman–Crippen LogP) is 7.37. The van der Waals surface area contributed by atoms with Gasteiger partial charge in [-0.2, -0.15) is 0 Å². The summed E-state index contributed by atoms with van der Waals surface area (Å²) in [6, 6.07) is 49.7. The lowest BCUT2D eigenvalue weighted by molar-refractivity contribution is 0.930. The second-order valence-corrected chi connectivity index (χ2v) is 15.6. The number of aryl methyl sites for hydroxylation is 1. The van der Waals surface area contributed by atoms with Crippen molar-refractivity contribution >= 4 is 56.3 Å². The van der Waals surface area contributed by atoms with E-state index in [2.05, 4.69) is 180 Å². The molecule has 2 aromatic heterocycles. The zero-order valence-corrected chi connectivity index (χ0v) is 25.9. The van der Waals surface area contributed by atoms with E-state index in [1.54, 1.807) is 0 Å². The summed E-state index contributed by atoms with van der Waals surface area (Å²) in [5.41, 5.74) is 6.46. The second kappa shape index (κ2) is 10.9. The van der Waals surface area contributed by atoms with Crippen LogP contribution in [-0.4, -0.2) is 17.2 Å². The topological polar surface area (TPSA) is 9.86 Å². The molecule has 0 amide bonds. The zero-order valence-electron chi connectivity index (χ0n) is 24.9. The highest BCUT2D eigenvalue weighted by Crippen LogP contribution is 2.34. The molecule has 0 saturated carbocycles. The highest BCUT2D eigenvalue weighted by Gasteiger charge is 2.44. The van der Waals surface area contributed by atoms with Crippen LogP contribution in [0.2, 0.25) is 0 Å². The van der Waals surface area contributed by atoms with E-state index >= 15 is 0 Å². The zero-order chi connectivity index (χ0) is 29.5. The summed E-state index contributed by atoms with van der Waals surface area (Å²) in [5.74, 6) is 0. The first-order valence-electron chi connectivity index (χ1n) is 15.5. The Labute approximate surface area is 259 Å². The molecule has 0 saturated heterocycles. The molecule has 2 nitrogen and oxygen atoms in total. The van der Waals surface area contributed by atoms with Crippen LogP contribution >= 0.6 is 0 Å². The van der Waals surface area contributed by atoms with E-state index in [1.807, 2.05) is 0 Å². The van der Waals surface area contributed by atoms with E-state index in [0.29, 0.717) is 0 Å². The van der Waals surface area contributed by atoms with Gasteiger partial charge < -0.3 is 9.13 Å². The normalized spacial score (nSPS) is 13.4. The van der Waals surface area contributed by atoms with Crippen molar-refractivity contribution in [3.05, 3.63) is 164 Å². The Morgan fingerprint density at radius 1 is 0.591 bits per heavy atom. The molecule has 0 bridgehead atoms. The Balaban J connectivity index is 1.50. The highest BCUT2D eigenvalue weighted by molar-refractivity contribution is 7.20. The van der Waals surface area contributed by atoms with Crippen LogP contribution in [0.4, 0.5) is 0 Å². The van der Waals surface area contributed by atoms with Crippen molar-refractivity contribution in [3.63, 3.8) is 0 Å². The van der Waals surface area contributed by atoms with E-state index in [0.717, 1.165) is 12.8 Å². The minimum Gasteiger partial charge on any atom is -0.357 e. The number of allylic oxidation sites excluding steroid dienone is 4. The summed E-state index contributed by atoms with van der Waals surface area (Å²) in [7, 11) is -0.636. The lowest BCUT2D eigenvalue weighted by Crippen LogP contribution is -2.74. The minimum atomic E-state index is -2.80. The summed E-state index contributed by atoms with van der Waals surface area (Å²) in [4.78, 5) is 0. The molecular formula is C41H34N2Si. The number of hydrogen-bond donors (Lipinski definition) is 0. The first-order valence-corrected chi connectivity index (χ1v) is 17.5. The first kappa shape index (κ1) is 26.5. The number of para-hydroxylation sites is 1. The number of rotatable bonds is 6. The van der Waals surface area contributed by atoms with Gasteiger partial charge in [0.15, 0.2) is 8.07 Å². The van der Waals surface area contributed by atoms with Gasteiger partial charge in [-0.15, -0.1) is 0 Å². The average molecular weight is 583 g/mol. The predicted molar refractivity (Wildman–Crippen MR) is 190 cm³/mol. The molecule has 0 fully saturated rings. The molecule has 0 radical (unpaired) electrons. The number of fused-ring (bicyclic) bond motifs is 3. The second-order valence-electron chi connectivity index (χ2n) is 11.8. The smallest absolute Gasteiger partial charge is 0.181 e. The van der Waals surface area contributed by atoms with Crippen molar-refractivity contribution in [3.8, 4) is 11.1 Å². The molecule has 0 unspecified atom stereocenters. The molecule has 3 heteroatoms. The van der Waals surface area contributed by atoms with E-state index < -0.39 is 8.07 Å². The maximum absolute atomic E-state index is 2.80. The van der Waals surface area contributed by atoms with E-state index in [1.165, 1.54) is 59.4 Å². The maximum atomic E-state index is 2.53. The Kier molecular flexibility index (Phi) is 6.54. The summed E-state index contributed by atoms with van der Waals surface area (Å²) in [5, 5.41) is 8.20. The Morgan fingerprint density at radius 2 is 1.23 bits per heavy atom. The van der Waals surface area contributed by atoms with Crippen LogP contribution < -0.4 is 20.7 Å². The van der Waals surface area contributed by atoms with Crippen molar-refractivity contribution in [1.29, 1.82) is 0 Å². The molecule has 1 aliphatic rings. The van der Waals surface area contributed by atoms with E-state index in [-0.39, 0.29) is 0 Å². The fourth-order valence-corrected chi connectivity index (χ4v) is 12.4. The van der Waals surface area contributed by atoms with Crippen molar-refractivity contribution < 1.29 is 0 Å². The van der Waals surface area contributed by atoms with Gasteiger partial charge in [0.05, 0.1) is 11.0 Å². The summed E-state index contributed by atoms with van der Waals surface area (Å²) < 4.78 is 4.74. The van der Waals surface area contributed by atoms with Crippen LogP contribution in [0.3, 0.4) is 0 Å². The quantitative estimate of drug-likeness (QED) is 0.143. The molecule has 212 valence electrons. The third-order valence-electron chi connectivity index (χ3n) is 9.24. The summed E-state index contributed by atoms with van der Waals surface area (Å²) >= 11 is 0. The van der Waals surface area contributed by atoms with Gasteiger partial charge in [-0.05, 0) is 62.9 Å². The molecule has 1 aliphatic carbocycles. The Bertz CT molecular complexity index is 2130. The molecule has 5 aromatic carbocycles. The molecule has 7 aromatic rings. The van der Waals surface area contributed by atoms with Crippen molar-refractivity contribution in [2.24, 2.45) is 7.05 Å². The van der Waals surface area contributed by atoms with Crippen molar-refractivity contribution in [1.82, 2.24) is 9.13 Å². The molecule has 0 spiro atoms. The number of hydrogen-bond acceptors (Lipinski definition) is 0. The van der Waals surface area contributed by atoms with Gasteiger partial charge in [-0.3, -0.25) is 0 Å². The number of aromatic nitrogens is 2. The number of nitrogens with zero attached hydrogens (tertiary/aromatic N) is 2. The van der Waals surface area contributed by atoms with Gasteiger partial charge in [-0.1, -0.05) is 133 Å². The minimum absolute atomic E-state index is 1.04. The SMILES string of the molecule is Cn1cc(-c2ccccc2)c([Si](c2ccccc2)(c2ccccc2)c2ccc3c(c2)c2ccccc2n3C2=CC=CCC2)c1. The van der Waals surface area contributed by atoms with E-state index in [9.17, 15) is 0 Å². The molecule has 44 heavy (non-hydrogen) atoms. The lowest BCUT2D eigenvalue weighted by atomic mass is 10.1. The van der Waals surface area contributed by atoms with E-state index in [4.69, 9.17) is 0 Å². The third-order valence-corrected chi connectivity index (χ3v) is 14.0. The van der Waals surface area contributed by atoms with Crippen molar-refractivity contribution in [2.75, 3.05) is 0 Å². The molecular weight excluding hydrogens is 549 g/mol. The molecule has 0 aliphatic heterocycles. The van der Waals surface area contributed by atoms with Crippen LogP contribution in [0.1, 0.15) is 12.8 Å². The van der Waals surface area contributed by atoms with Gasteiger partial charge in [0.2, 0.25) is 0 Å². The molecule has 0 N–H and O–H groups in total. The van der Waals surface area contributed by atoms with Gasteiger partial charge in [0, 0.05) is 35.9 Å². The Morgan fingerprint density at radius 3 is 1.91 bits per heavy atom. The largest absolute Gasteiger partial charge is 0.357 e. The first-order chi connectivity index (χ1) is 21.7. The summed E-state index contributed by atoms with van der Waals surface area (Å²) in [6.07, 6.45) is 13.6. The van der Waals surface area contributed by atoms with Crippen LogP contribution in [0.15, 0.2) is 164 Å². The van der Waals surface area contributed by atoms with Crippen LogP contribution in [0.25, 0.3) is 38.6 Å². The fourth-order valence-electron chi connectivity index (χ4n) is 7.36. The summed E-state index contributed by atoms with van der Waals surface area (Å²) in [6.45, 7) is 0. The Hall–Kier alpha value is -5.12. The van der Waals surface area contributed by atoms with Crippen LogP contribution in [0.5, 0.6) is 0 Å². The molecule has 2 heterocycles. The monoisotopic (exact) mass is 582 g/mol. The fraction of sp³-hybridized carbons (Fsp3) is 0.0732. The highest BCUT2D eigenvalue weighted by atomic mass is 28.3. The van der Waals surface area contributed by atoms with Crippen LogP contribution in [-0.2, 0) is 7.05 Å². The standard InChI is InChI=1S/C41H34N2Si/c1-42-29-38(31-16-6-2-7-17-31)41(30-42)44(33-20-10-4-11-21-33,34-22-12-5-13-23-34)35-26-27-40-37(28-35)36-24-14-15-25-39(36)43(40)32-18-8-3-9-19-32/h2-8,10-18,20-30H,9,19H2,1H3. The average Bonchev–Trinajstić information content (AvgIpc) is 3.65.